The van der Waals surface area contributed by atoms with E-state index in [1.165, 1.54) is 18.6 Å². The van der Waals surface area contributed by atoms with Crippen molar-refractivity contribution in [3.05, 3.63) is 48.0 Å². The van der Waals surface area contributed by atoms with Crippen LogP contribution in [0.15, 0.2) is 36.8 Å². The second kappa shape index (κ2) is 11.0. The Morgan fingerprint density at radius 3 is 2.61 bits per heavy atom. The quantitative estimate of drug-likeness (QED) is 0.693. The number of ether oxygens (including phenoxy) is 2. The van der Waals surface area contributed by atoms with Gasteiger partial charge in [0, 0.05) is 57.2 Å². The number of benzene rings is 1. The Labute approximate surface area is 211 Å². The number of aromatic nitrogens is 2. The second-order valence-corrected chi connectivity index (χ2v) is 9.62. The number of fused-ring (bicyclic) bond motifs is 1. The molecule has 0 radical (unpaired) electrons. The Balaban J connectivity index is 1.63. The van der Waals surface area contributed by atoms with Crippen molar-refractivity contribution in [2.75, 3.05) is 39.2 Å². The van der Waals surface area contributed by atoms with Crippen LogP contribution in [0.5, 0.6) is 5.75 Å². The Morgan fingerprint density at radius 1 is 1.17 bits per heavy atom. The van der Waals surface area contributed by atoms with Gasteiger partial charge in [-0.05, 0) is 38.0 Å². The number of anilines is 1. The predicted octanol–water partition coefficient (Wildman–Crippen LogP) is 2.47. The molecule has 2 heterocycles. The maximum atomic E-state index is 13.5. The van der Waals surface area contributed by atoms with Gasteiger partial charge in [-0.1, -0.05) is 6.92 Å². The van der Waals surface area contributed by atoms with Crippen LogP contribution in [0.4, 0.5) is 5.69 Å². The van der Waals surface area contributed by atoms with E-state index in [9.17, 15) is 14.4 Å². The number of carbonyl (C=O) groups is 3. The van der Waals surface area contributed by atoms with Gasteiger partial charge in [0.1, 0.15) is 18.1 Å². The molecule has 2 aliphatic rings. The topological polar surface area (TPSA) is 114 Å². The third-order valence-electron chi connectivity index (χ3n) is 6.71. The molecular formula is C26H33N5O5. The van der Waals surface area contributed by atoms with Crippen LogP contribution >= 0.6 is 0 Å². The van der Waals surface area contributed by atoms with E-state index < -0.39 is 5.91 Å². The molecule has 1 aromatic carbocycles. The van der Waals surface area contributed by atoms with Crippen LogP contribution < -0.4 is 10.1 Å². The molecular weight excluding hydrogens is 462 g/mol. The van der Waals surface area contributed by atoms with Crippen molar-refractivity contribution in [2.24, 2.45) is 11.8 Å². The van der Waals surface area contributed by atoms with Crippen molar-refractivity contribution in [3.8, 4) is 5.75 Å². The third kappa shape index (κ3) is 5.81. The number of likely N-dealkylation sites (N-methyl/N-ethyl adjacent to an activating group) is 1. The minimum Gasteiger partial charge on any atom is -0.491 e. The van der Waals surface area contributed by atoms with Crippen molar-refractivity contribution in [1.82, 2.24) is 19.8 Å². The normalized spacial score (nSPS) is 23.1. The lowest BCUT2D eigenvalue weighted by molar-refractivity contribution is -0.136. The fourth-order valence-electron chi connectivity index (χ4n) is 4.34. The largest absolute Gasteiger partial charge is 0.491 e. The van der Waals surface area contributed by atoms with Gasteiger partial charge in [-0.2, -0.15) is 0 Å². The third-order valence-corrected chi connectivity index (χ3v) is 6.71. The molecule has 0 spiro atoms. The van der Waals surface area contributed by atoms with Gasteiger partial charge in [0.25, 0.3) is 11.8 Å². The molecule has 10 heteroatoms. The SMILES string of the molecule is CO[C@@H]1CN(C)C(=O)c2cc(NC(=O)c3cnccn3)ccc2OC[C@H](C)N(C(=O)C2CC2)C[C@H]1C. The molecule has 36 heavy (non-hydrogen) atoms. The Morgan fingerprint density at radius 2 is 1.94 bits per heavy atom. The fourth-order valence-corrected chi connectivity index (χ4v) is 4.34. The van der Waals surface area contributed by atoms with Crippen LogP contribution in [0.3, 0.4) is 0 Å². The summed E-state index contributed by atoms with van der Waals surface area (Å²) in [4.78, 5) is 50.5. The summed E-state index contributed by atoms with van der Waals surface area (Å²) in [5.74, 6) is -0.0605. The van der Waals surface area contributed by atoms with E-state index in [0.717, 1.165) is 12.8 Å². The fraction of sp³-hybridized carbons (Fsp3) is 0.500. The van der Waals surface area contributed by atoms with Gasteiger partial charge >= 0.3 is 0 Å². The van der Waals surface area contributed by atoms with Crippen molar-refractivity contribution in [2.45, 2.75) is 38.8 Å². The van der Waals surface area contributed by atoms with E-state index in [1.54, 1.807) is 37.3 Å². The minimum absolute atomic E-state index is 0.00639. The first kappa shape index (κ1) is 25.6. The molecule has 4 rings (SSSR count). The Kier molecular flexibility index (Phi) is 7.83. The molecule has 1 aliphatic heterocycles. The van der Waals surface area contributed by atoms with Crippen LogP contribution in [0.2, 0.25) is 0 Å². The Hall–Kier alpha value is -3.53. The summed E-state index contributed by atoms with van der Waals surface area (Å²) >= 11 is 0. The van der Waals surface area contributed by atoms with Gasteiger partial charge in [0.15, 0.2) is 0 Å². The average molecular weight is 496 g/mol. The van der Waals surface area contributed by atoms with Gasteiger partial charge in [-0.15, -0.1) is 0 Å². The van der Waals surface area contributed by atoms with Crippen LogP contribution in [0.1, 0.15) is 47.5 Å². The molecule has 1 N–H and O–H groups in total. The summed E-state index contributed by atoms with van der Waals surface area (Å²) in [6.07, 6.45) is 5.88. The number of nitrogens with zero attached hydrogens (tertiary/aromatic N) is 4. The number of nitrogens with one attached hydrogen (secondary N) is 1. The first-order chi connectivity index (χ1) is 17.3. The predicted molar refractivity (Wildman–Crippen MR) is 133 cm³/mol. The van der Waals surface area contributed by atoms with Gasteiger partial charge in [0.05, 0.1) is 23.9 Å². The van der Waals surface area contributed by atoms with Gasteiger partial charge in [-0.25, -0.2) is 4.98 Å². The first-order valence-corrected chi connectivity index (χ1v) is 12.2. The van der Waals surface area contributed by atoms with Crippen molar-refractivity contribution in [1.29, 1.82) is 0 Å². The number of rotatable bonds is 4. The molecule has 10 nitrogen and oxygen atoms in total. The molecule has 2 aromatic rings. The Bertz CT molecular complexity index is 1110. The van der Waals surface area contributed by atoms with E-state index in [0.29, 0.717) is 30.1 Å². The summed E-state index contributed by atoms with van der Waals surface area (Å²) in [6.45, 7) is 5.10. The maximum absolute atomic E-state index is 13.5. The highest BCUT2D eigenvalue weighted by molar-refractivity contribution is 6.04. The summed E-state index contributed by atoms with van der Waals surface area (Å²) in [5, 5.41) is 2.76. The number of carbonyl (C=O) groups excluding carboxylic acids is 3. The highest BCUT2D eigenvalue weighted by Crippen LogP contribution is 2.33. The van der Waals surface area contributed by atoms with Gasteiger partial charge in [0.2, 0.25) is 5.91 Å². The lowest BCUT2D eigenvalue weighted by atomic mass is 10.0. The van der Waals surface area contributed by atoms with Gasteiger partial charge in [-0.3, -0.25) is 19.4 Å². The standard InChI is InChI=1S/C26H33N5O5/c1-16-13-31(25(33)18-5-6-18)17(2)15-36-22-8-7-19(29-24(32)21-12-27-9-10-28-21)11-20(22)26(34)30(3)14-23(16)35-4/h7-12,16-18,23H,5-6,13-15H2,1-4H3,(H,29,32)/t16-,17+,23-/m1/s1. The van der Waals surface area contributed by atoms with E-state index in [4.69, 9.17) is 9.47 Å². The second-order valence-electron chi connectivity index (χ2n) is 9.62. The van der Waals surface area contributed by atoms with Crippen LogP contribution in [-0.2, 0) is 9.53 Å². The van der Waals surface area contributed by atoms with Crippen LogP contribution in [0.25, 0.3) is 0 Å². The highest BCUT2D eigenvalue weighted by atomic mass is 16.5. The molecule has 192 valence electrons. The van der Waals surface area contributed by atoms with E-state index in [1.807, 2.05) is 18.7 Å². The maximum Gasteiger partial charge on any atom is 0.275 e. The minimum atomic E-state index is -0.436. The molecule has 1 saturated carbocycles. The van der Waals surface area contributed by atoms with Crippen molar-refractivity contribution >= 4 is 23.4 Å². The number of amides is 3. The zero-order valence-electron chi connectivity index (χ0n) is 21.1. The van der Waals surface area contributed by atoms with Crippen LogP contribution in [-0.4, -0.2) is 83.5 Å². The molecule has 0 bridgehead atoms. The highest BCUT2D eigenvalue weighted by Gasteiger charge is 2.37. The first-order valence-electron chi connectivity index (χ1n) is 12.2. The van der Waals surface area contributed by atoms with Gasteiger partial charge < -0.3 is 24.6 Å². The number of hydrogen-bond acceptors (Lipinski definition) is 7. The lowest BCUT2D eigenvalue weighted by Gasteiger charge is -2.36. The molecule has 3 atom stereocenters. The summed E-state index contributed by atoms with van der Waals surface area (Å²) in [5.41, 5.74) is 0.901. The lowest BCUT2D eigenvalue weighted by Crippen LogP contribution is -2.49. The monoisotopic (exact) mass is 495 g/mol. The zero-order chi connectivity index (χ0) is 25.8. The van der Waals surface area contributed by atoms with E-state index in [2.05, 4.69) is 15.3 Å². The molecule has 1 aliphatic carbocycles. The molecule has 0 unspecified atom stereocenters. The molecule has 0 saturated heterocycles. The molecule has 1 fully saturated rings. The van der Waals surface area contributed by atoms with Crippen molar-refractivity contribution in [3.63, 3.8) is 0 Å². The summed E-state index contributed by atoms with van der Waals surface area (Å²) in [7, 11) is 3.33. The molecule has 1 aromatic heterocycles. The van der Waals surface area contributed by atoms with Crippen molar-refractivity contribution < 1.29 is 23.9 Å². The van der Waals surface area contributed by atoms with E-state index in [-0.39, 0.29) is 48.1 Å². The molecule has 3 amide bonds. The summed E-state index contributed by atoms with van der Waals surface area (Å²) in [6, 6.07) is 4.74. The zero-order valence-corrected chi connectivity index (χ0v) is 21.1. The summed E-state index contributed by atoms with van der Waals surface area (Å²) < 4.78 is 11.8. The smallest absolute Gasteiger partial charge is 0.275 e. The number of methoxy groups -OCH3 is 1. The average Bonchev–Trinajstić information content (AvgIpc) is 3.74. The van der Waals surface area contributed by atoms with Crippen LogP contribution in [0, 0.1) is 11.8 Å². The number of hydrogen-bond donors (Lipinski definition) is 1. The van der Waals surface area contributed by atoms with E-state index >= 15 is 0 Å².